The number of aromatic nitrogens is 2. The van der Waals surface area contributed by atoms with Crippen LogP contribution in [0.3, 0.4) is 0 Å². The highest BCUT2D eigenvalue weighted by molar-refractivity contribution is 6.33. The molecular formula is C28H35ClN6O4. The molecule has 208 valence electrons. The number of fused-ring (bicyclic) bond motifs is 3. The van der Waals surface area contributed by atoms with E-state index in [1.54, 1.807) is 23.4 Å². The van der Waals surface area contributed by atoms with E-state index >= 15 is 0 Å². The molecule has 11 heteroatoms. The molecule has 2 aliphatic heterocycles. The number of anilines is 1. The van der Waals surface area contributed by atoms with Crippen molar-refractivity contribution in [2.75, 3.05) is 31.6 Å². The molecule has 2 aromatic heterocycles. The van der Waals surface area contributed by atoms with Gasteiger partial charge in [-0.15, -0.1) is 0 Å². The minimum atomic E-state index is -0.572. The normalized spacial score (nSPS) is 22.2. The van der Waals surface area contributed by atoms with Crippen LogP contribution in [0.4, 0.5) is 5.69 Å². The molecule has 0 saturated carbocycles. The number of morpholine rings is 1. The van der Waals surface area contributed by atoms with Crippen molar-refractivity contribution in [2.45, 2.75) is 64.3 Å². The zero-order valence-electron chi connectivity index (χ0n) is 22.7. The molecule has 10 nitrogen and oxygen atoms in total. The predicted molar refractivity (Wildman–Crippen MR) is 151 cm³/mol. The quantitative estimate of drug-likeness (QED) is 0.430. The van der Waals surface area contributed by atoms with Gasteiger partial charge in [0.05, 0.1) is 35.1 Å². The first-order valence-corrected chi connectivity index (χ1v) is 13.7. The Morgan fingerprint density at radius 1 is 1.23 bits per heavy atom. The van der Waals surface area contributed by atoms with E-state index in [-0.39, 0.29) is 30.4 Å². The van der Waals surface area contributed by atoms with Gasteiger partial charge in [-0.3, -0.25) is 24.3 Å². The van der Waals surface area contributed by atoms with Crippen LogP contribution in [0.5, 0.6) is 0 Å². The number of amides is 3. The minimum absolute atomic E-state index is 0.0895. The number of H-pyrrole nitrogens is 1. The number of nitrogens with zero attached hydrogens (tertiary/aromatic N) is 3. The summed E-state index contributed by atoms with van der Waals surface area (Å²) in [5.74, 6) is -0.463. The maximum absolute atomic E-state index is 13.7. The lowest BCUT2D eigenvalue weighted by Gasteiger charge is -2.43. The van der Waals surface area contributed by atoms with Gasteiger partial charge in [0.2, 0.25) is 17.7 Å². The minimum Gasteiger partial charge on any atom is -0.372 e. The van der Waals surface area contributed by atoms with Crippen LogP contribution < -0.4 is 10.6 Å². The van der Waals surface area contributed by atoms with Gasteiger partial charge in [-0.1, -0.05) is 11.6 Å². The third-order valence-electron chi connectivity index (χ3n) is 7.55. The molecule has 5 rings (SSSR count). The Morgan fingerprint density at radius 3 is 2.79 bits per heavy atom. The number of hydrogen-bond donors (Lipinski definition) is 3. The molecule has 4 heterocycles. The first-order valence-electron chi connectivity index (χ1n) is 13.3. The van der Waals surface area contributed by atoms with E-state index in [9.17, 15) is 14.4 Å². The molecule has 1 aromatic carbocycles. The molecule has 3 N–H and O–H groups in total. The summed E-state index contributed by atoms with van der Waals surface area (Å²) in [7, 11) is 0. The van der Waals surface area contributed by atoms with E-state index in [4.69, 9.17) is 16.3 Å². The summed E-state index contributed by atoms with van der Waals surface area (Å²) in [5.41, 5.74) is 1.75. The van der Waals surface area contributed by atoms with Gasteiger partial charge in [0, 0.05) is 54.6 Å². The maximum atomic E-state index is 13.7. The zero-order valence-corrected chi connectivity index (χ0v) is 23.5. The molecule has 2 saturated heterocycles. The van der Waals surface area contributed by atoms with Crippen LogP contribution in [0, 0.1) is 0 Å². The van der Waals surface area contributed by atoms with E-state index in [1.807, 2.05) is 32.9 Å². The van der Waals surface area contributed by atoms with Gasteiger partial charge in [0.1, 0.15) is 12.1 Å². The summed E-state index contributed by atoms with van der Waals surface area (Å²) in [6, 6.07) is 4.25. The standard InChI is InChI=1S/C28H35ClN6O4/c1-16(31-26(37)23-6-5-9-35(23)17(2)36)13-34-15-28(3,4)39-14-24(34)27(38)33-21-11-18(29)10-20-19-7-8-30-12-22(19)32-25(20)21/h7-8,10-12,16,23-24,32H,5-6,9,13-15H2,1-4H3,(H,31,37)(H,33,38)/t16?,23-,24-/m0/s1. The molecule has 2 aliphatic rings. The fourth-order valence-corrected chi connectivity index (χ4v) is 5.99. The molecule has 0 radical (unpaired) electrons. The summed E-state index contributed by atoms with van der Waals surface area (Å²) >= 11 is 6.44. The monoisotopic (exact) mass is 554 g/mol. The highest BCUT2D eigenvalue weighted by atomic mass is 35.5. The van der Waals surface area contributed by atoms with Crippen LogP contribution in [0.2, 0.25) is 5.02 Å². The average Bonchev–Trinajstić information content (AvgIpc) is 3.49. The number of halogens is 1. The van der Waals surface area contributed by atoms with Gasteiger partial charge in [0.15, 0.2) is 0 Å². The van der Waals surface area contributed by atoms with Crippen molar-refractivity contribution in [1.29, 1.82) is 0 Å². The number of hydrogen-bond acceptors (Lipinski definition) is 6. The highest BCUT2D eigenvalue weighted by Gasteiger charge is 2.39. The molecule has 3 amide bonds. The molecule has 3 atom stereocenters. The van der Waals surface area contributed by atoms with Crippen LogP contribution in [-0.4, -0.2) is 87.5 Å². The van der Waals surface area contributed by atoms with Gasteiger partial charge in [-0.2, -0.15) is 0 Å². The van der Waals surface area contributed by atoms with Gasteiger partial charge >= 0.3 is 0 Å². The highest BCUT2D eigenvalue weighted by Crippen LogP contribution is 2.33. The van der Waals surface area contributed by atoms with Gasteiger partial charge in [0.25, 0.3) is 0 Å². The second-order valence-electron chi connectivity index (χ2n) is 11.2. The van der Waals surface area contributed by atoms with Crippen LogP contribution >= 0.6 is 11.6 Å². The predicted octanol–water partition coefficient (Wildman–Crippen LogP) is 3.30. The average molecular weight is 555 g/mol. The van der Waals surface area contributed by atoms with Crippen LogP contribution in [0.15, 0.2) is 30.6 Å². The lowest BCUT2D eigenvalue weighted by atomic mass is 10.0. The molecule has 3 aromatic rings. The van der Waals surface area contributed by atoms with Crippen molar-refractivity contribution in [3.05, 3.63) is 35.6 Å². The van der Waals surface area contributed by atoms with E-state index in [1.165, 1.54) is 6.92 Å². The van der Waals surface area contributed by atoms with Crippen molar-refractivity contribution < 1.29 is 19.1 Å². The Balaban J connectivity index is 1.33. The Morgan fingerprint density at radius 2 is 2.03 bits per heavy atom. The SMILES string of the molecule is CC(=O)N1CCC[C@H]1C(=O)NC(C)CN1CC(C)(C)OC[C@H]1C(=O)Nc1cc(Cl)cc2c1[nH]c1cnccc12. The van der Waals surface area contributed by atoms with Gasteiger partial charge < -0.3 is 25.3 Å². The summed E-state index contributed by atoms with van der Waals surface area (Å²) in [6.45, 7) is 9.16. The van der Waals surface area contributed by atoms with Crippen molar-refractivity contribution >= 4 is 56.8 Å². The van der Waals surface area contributed by atoms with Crippen LogP contribution in [0.25, 0.3) is 21.8 Å². The third-order valence-corrected chi connectivity index (χ3v) is 7.77. The zero-order chi connectivity index (χ0) is 27.9. The molecular weight excluding hydrogens is 520 g/mol. The topological polar surface area (TPSA) is 120 Å². The van der Waals surface area contributed by atoms with Crippen molar-refractivity contribution in [3.63, 3.8) is 0 Å². The van der Waals surface area contributed by atoms with Crippen LogP contribution in [0.1, 0.15) is 40.5 Å². The Kier molecular flexibility index (Phi) is 7.54. The summed E-state index contributed by atoms with van der Waals surface area (Å²) < 4.78 is 6.03. The number of carbonyl (C=O) groups is 3. The number of aromatic amines is 1. The van der Waals surface area contributed by atoms with Gasteiger partial charge in [-0.05, 0) is 51.8 Å². The van der Waals surface area contributed by atoms with E-state index in [2.05, 4.69) is 25.5 Å². The Labute approximate surface area is 232 Å². The van der Waals surface area contributed by atoms with Gasteiger partial charge in [-0.25, -0.2) is 0 Å². The number of ether oxygens (including phenoxy) is 1. The van der Waals surface area contributed by atoms with Crippen LogP contribution in [-0.2, 0) is 19.1 Å². The lowest BCUT2D eigenvalue weighted by molar-refractivity contribution is -0.144. The number of likely N-dealkylation sites (tertiary alicyclic amines) is 1. The summed E-state index contributed by atoms with van der Waals surface area (Å²) in [5, 5.41) is 8.50. The van der Waals surface area contributed by atoms with Crippen molar-refractivity contribution in [1.82, 2.24) is 25.1 Å². The second-order valence-corrected chi connectivity index (χ2v) is 11.6. The van der Waals surface area contributed by atoms with E-state index in [0.717, 1.165) is 28.2 Å². The molecule has 2 fully saturated rings. The smallest absolute Gasteiger partial charge is 0.244 e. The number of pyridine rings is 1. The summed E-state index contributed by atoms with van der Waals surface area (Å²) in [4.78, 5) is 49.8. The first-order chi connectivity index (χ1) is 18.5. The van der Waals surface area contributed by atoms with E-state index < -0.39 is 17.7 Å². The summed E-state index contributed by atoms with van der Waals surface area (Å²) in [6.07, 6.45) is 4.93. The van der Waals surface area contributed by atoms with Crippen molar-refractivity contribution in [2.24, 2.45) is 0 Å². The number of rotatable bonds is 6. The molecule has 0 aliphatic carbocycles. The molecule has 1 unspecified atom stereocenters. The fraction of sp³-hybridized carbons (Fsp3) is 0.500. The van der Waals surface area contributed by atoms with Crippen molar-refractivity contribution in [3.8, 4) is 0 Å². The Hall–Kier alpha value is -3.21. The lowest BCUT2D eigenvalue weighted by Crippen LogP contribution is -2.61. The van der Waals surface area contributed by atoms with E-state index in [0.29, 0.717) is 36.8 Å². The third kappa shape index (κ3) is 5.73. The fourth-order valence-electron chi connectivity index (χ4n) is 5.77. The maximum Gasteiger partial charge on any atom is 0.244 e. The first kappa shape index (κ1) is 27.4. The largest absolute Gasteiger partial charge is 0.372 e. The number of benzene rings is 1. The molecule has 39 heavy (non-hydrogen) atoms. The molecule has 0 spiro atoms. The number of nitrogens with one attached hydrogen (secondary N) is 3. The number of carbonyl (C=O) groups excluding carboxylic acids is 3. The second kappa shape index (κ2) is 10.7. The molecule has 0 bridgehead atoms. The Bertz CT molecular complexity index is 1420.